The molecule has 1 aliphatic rings. The summed E-state index contributed by atoms with van der Waals surface area (Å²) in [6.07, 6.45) is 5.31. The van der Waals surface area contributed by atoms with Gasteiger partial charge >= 0.3 is 0 Å². The van der Waals surface area contributed by atoms with Gasteiger partial charge in [0.1, 0.15) is 11.4 Å². The fraction of sp³-hybridized carbons (Fsp3) is 0.389. The number of aliphatic hydroxyl groups is 1. The van der Waals surface area contributed by atoms with Crippen LogP contribution < -0.4 is 5.32 Å². The molecule has 0 aliphatic heterocycles. The van der Waals surface area contributed by atoms with Gasteiger partial charge in [-0.1, -0.05) is 18.2 Å². The molecular formula is C18H21NO3. The molecule has 22 heavy (non-hydrogen) atoms. The Bertz CT molecular complexity index is 659. The molecule has 4 nitrogen and oxygen atoms in total. The number of furan rings is 1. The van der Waals surface area contributed by atoms with Gasteiger partial charge in [-0.15, -0.1) is 0 Å². The highest BCUT2D eigenvalue weighted by Crippen LogP contribution is 2.23. The largest absolute Gasteiger partial charge is 0.466 e. The summed E-state index contributed by atoms with van der Waals surface area (Å²) in [5, 5.41) is 13.1. The van der Waals surface area contributed by atoms with E-state index in [0.29, 0.717) is 12.2 Å². The lowest BCUT2D eigenvalue weighted by molar-refractivity contribution is -0.121. The SMILES string of the molecule is CC(O)(CNC(=O)Cc1ccc2c(c1)CCC2)c1ccco1. The zero-order chi connectivity index (χ0) is 15.6. The summed E-state index contributed by atoms with van der Waals surface area (Å²) in [4.78, 5) is 12.1. The van der Waals surface area contributed by atoms with E-state index in [-0.39, 0.29) is 12.5 Å². The molecule has 1 aromatic carbocycles. The van der Waals surface area contributed by atoms with Crippen LogP contribution in [0.1, 0.15) is 35.8 Å². The van der Waals surface area contributed by atoms with Crippen LogP contribution in [0.25, 0.3) is 0 Å². The maximum atomic E-state index is 12.1. The van der Waals surface area contributed by atoms with E-state index in [4.69, 9.17) is 4.42 Å². The van der Waals surface area contributed by atoms with Gasteiger partial charge < -0.3 is 14.8 Å². The highest BCUT2D eigenvalue weighted by atomic mass is 16.4. The zero-order valence-corrected chi connectivity index (χ0v) is 12.8. The molecule has 1 aliphatic carbocycles. The first-order valence-electron chi connectivity index (χ1n) is 7.68. The van der Waals surface area contributed by atoms with E-state index in [1.807, 2.05) is 6.07 Å². The molecule has 4 heteroatoms. The lowest BCUT2D eigenvalue weighted by atomic mass is 10.0. The van der Waals surface area contributed by atoms with Crippen molar-refractivity contribution in [2.75, 3.05) is 6.54 Å². The molecule has 1 heterocycles. The number of aryl methyl sites for hydroxylation is 2. The Morgan fingerprint density at radius 2 is 2.14 bits per heavy atom. The fourth-order valence-corrected chi connectivity index (χ4v) is 2.93. The molecule has 1 atom stereocenters. The summed E-state index contributed by atoms with van der Waals surface area (Å²) in [7, 11) is 0. The van der Waals surface area contributed by atoms with Crippen LogP contribution in [-0.4, -0.2) is 17.6 Å². The Hall–Kier alpha value is -2.07. The molecule has 116 valence electrons. The predicted molar refractivity (Wildman–Crippen MR) is 83.5 cm³/mol. The first-order chi connectivity index (χ1) is 10.5. The van der Waals surface area contributed by atoms with Gasteiger partial charge in [0.15, 0.2) is 0 Å². The van der Waals surface area contributed by atoms with Crippen molar-refractivity contribution in [3.63, 3.8) is 0 Å². The first-order valence-corrected chi connectivity index (χ1v) is 7.68. The molecular weight excluding hydrogens is 278 g/mol. The van der Waals surface area contributed by atoms with Crippen molar-refractivity contribution in [2.24, 2.45) is 0 Å². The molecule has 1 aromatic heterocycles. The first kappa shape index (κ1) is 14.9. The summed E-state index contributed by atoms with van der Waals surface area (Å²) in [6, 6.07) is 9.70. The summed E-state index contributed by atoms with van der Waals surface area (Å²) >= 11 is 0. The third-order valence-electron chi connectivity index (χ3n) is 4.21. The number of nitrogens with one attached hydrogen (secondary N) is 1. The van der Waals surface area contributed by atoms with Gasteiger partial charge in [-0.2, -0.15) is 0 Å². The third kappa shape index (κ3) is 3.22. The molecule has 0 radical (unpaired) electrons. The molecule has 1 amide bonds. The van der Waals surface area contributed by atoms with Gasteiger partial charge in [0.05, 0.1) is 19.2 Å². The topological polar surface area (TPSA) is 62.5 Å². The van der Waals surface area contributed by atoms with E-state index in [2.05, 4.69) is 17.4 Å². The van der Waals surface area contributed by atoms with Gasteiger partial charge in [0.25, 0.3) is 0 Å². The summed E-state index contributed by atoms with van der Waals surface area (Å²) in [6.45, 7) is 1.76. The van der Waals surface area contributed by atoms with Crippen LogP contribution in [0.3, 0.4) is 0 Å². The quantitative estimate of drug-likeness (QED) is 0.890. The van der Waals surface area contributed by atoms with Gasteiger partial charge in [0, 0.05) is 0 Å². The number of amides is 1. The van der Waals surface area contributed by atoms with Crippen LogP contribution in [-0.2, 0) is 29.7 Å². The normalized spacial score (nSPS) is 16.1. The van der Waals surface area contributed by atoms with Crippen LogP contribution in [0.4, 0.5) is 0 Å². The molecule has 2 N–H and O–H groups in total. The highest BCUT2D eigenvalue weighted by Gasteiger charge is 2.26. The number of carbonyl (C=O) groups excluding carboxylic acids is 1. The zero-order valence-electron chi connectivity index (χ0n) is 12.8. The minimum absolute atomic E-state index is 0.0928. The van der Waals surface area contributed by atoms with Crippen LogP contribution in [0, 0.1) is 0 Å². The Morgan fingerprint density at radius 1 is 1.32 bits per heavy atom. The van der Waals surface area contributed by atoms with Crippen molar-refractivity contribution in [3.8, 4) is 0 Å². The van der Waals surface area contributed by atoms with Crippen molar-refractivity contribution >= 4 is 5.91 Å². The van der Waals surface area contributed by atoms with Crippen molar-refractivity contribution in [1.82, 2.24) is 5.32 Å². The Balaban J connectivity index is 1.57. The second-order valence-corrected chi connectivity index (χ2v) is 6.16. The van der Waals surface area contributed by atoms with Gasteiger partial charge in [-0.3, -0.25) is 4.79 Å². The Labute approximate surface area is 130 Å². The van der Waals surface area contributed by atoms with E-state index in [0.717, 1.165) is 18.4 Å². The number of rotatable bonds is 5. The molecule has 0 fully saturated rings. The number of hydrogen-bond donors (Lipinski definition) is 2. The van der Waals surface area contributed by atoms with Crippen LogP contribution in [0.5, 0.6) is 0 Å². The summed E-state index contributed by atoms with van der Waals surface area (Å²) in [5.41, 5.74) is 2.60. The highest BCUT2D eigenvalue weighted by molar-refractivity contribution is 5.78. The third-order valence-corrected chi connectivity index (χ3v) is 4.21. The number of fused-ring (bicyclic) bond motifs is 1. The standard InChI is InChI=1S/C18H21NO3/c1-18(21,16-6-3-9-22-16)12-19-17(20)11-13-7-8-14-4-2-5-15(14)10-13/h3,6-10,21H,2,4-5,11-12H2,1H3,(H,19,20). The van der Waals surface area contributed by atoms with Crippen molar-refractivity contribution in [3.05, 3.63) is 59.0 Å². The summed E-state index contributed by atoms with van der Waals surface area (Å²) < 4.78 is 5.20. The molecule has 2 aromatic rings. The minimum atomic E-state index is -1.20. The van der Waals surface area contributed by atoms with E-state index < -0.39 is 5.60 Å². The van der Waals surface area contributed by atoms with E-state index in [9.17, 15) is 9.90 Å². The van der Waals surface area contributed by atoms with Gasteiger partial charge in [-0.05, 0) is 55.0 Å². The Morgan fingerprint density at radius 3 is 2.91 bits per heavy atom. The lowest BCUT2D eigenvalue weighted by Gasteiger charge is -2.21. The second kappa shape index (κ2) is 5.97. The molecule has 0 bridgehead atoms. The second-order valence-electron chi connectivity index (χ2n) is 6.16. The van der Waals surface area contributed by atoms with Crippen molar-refractivity contribution in [1.29, 1.82) is 0 Å². The number of hydrogen-bond acceptors (Lipinski definition) is 3. The van der Waals surface area contributed by atoms with E-state index in [1.54, 1.807) is 19.1 Å². The maximum absolute atomic E-state index is 12.1. The molecule has 3 rings (SSSR count). The monoisotopic (exact) mass is 299 g/mol. The van der Waals surface area contributed by atoms with Crippen molar-refractivity contribution < 1.29 is 14.3 Å². The Kier molecular flexibility index (Phi) is 4.03. The lowest BCUT2D eigenvalue weighted by Crippen LogP contribution is -2.39. The minimum Gasteiger partial charge on any atom is -0.466 e. The molecule has 0 saturated carbocycles. The summed E-state index contributed by atoms with van der Waals surface area (Å²) in [5.74, 6) is 0.357. The smallest absolute Gasteiger partial charge is 0.224 e. The predicted octanol–water partition coefficient (Wildman–Crippen LogP) is 2.33. The van der Waals surface area contributed by atoms with E-state index >= 15 is 0 Å². The van der Waals surface area contributed by atoms with Crippen LogP contribution in [0.15, 0.2) is 41.0 Å². The van der Waals surface area contributed by atoms with Crippen LogP contribution in [0.2, 0.25) is 0 Å². The fourth-order valence-electron chi connectivity index (χ4n) is 2.93. The maximum Gasteiger partial charge on any atom is 0.224 e. The average Bonchev–Trinajstić information content (AvgIpc) is 3.16. The van der Waals surface area contributed by atoms with E-state index in [1.165, 1.54) is 23.8 Å². The van der Waals surface area contributed by atoms with Gasteiger partial charge in [0.2, 0.25) is 5.91 Å². The molecule has 1 unspecified atom stereocenters. The van der Waals surface area contributed by atoms with Gasteiger partial charge in [-0.25, -0.2) is 0 Å². The average molecular weight is 299 g/mol. The van der Waals surface area contributed by atoms with Crippen LogP contribution >= 0.6 is 0 Å². The van der Waals surface area contributed by atoms with Crippen molar-refractivity contribution in [2.45, 2.75) is 38.2 Å². The number of benzene rings is 1. The molecule has 0 saturated heterocycles. The molecule has 0 spiro atoms. The number of carbonyl (C=O) groups is 1.